The van der Waals surface area contributed by atoms with Crippen molar-refractivity contribution in [3.05, 3.63) is 60.9 Å². The van der Waals surface area contributed by atoms with Gasteiger partial charge in [0.15, 0.2) is 11.4 Å². The van der Waals surface area contributed by atoms with Crippen molar-refractivity contribution in [2.24, 2.45) is 5.92 Å². The fraction of sp³-hybridized carbons (Fsp3) is 0.273. The molecule has 0 amide bonds. The molecule has 5 rings (SSSR count). The highest BCUT2D eigenvalue weighted by molar-refractivity contribution is 6.05. The van der Waals surface area contributed by atoms with E-state index in [2.05, 4.69) is 14.9 Å². The summed E-state index contributed by atoms with van der Waals surface area (Å²) in [7, 11) is 0. The third kappa shape index (κ3) is 3.10. The molecule has 1 saturated heterocycles. The quantitative estimate of drug-likeness (QED) is 0.530. The molecule has 1 aliphatic rings. The molecule has 27 heavy (non-hydrogen) atoms. The smallest absolute Gasteiger partial charge is 0.196 e. The van der Waals surface area contributed by atoms with Crippen molar-refractivity contribution in [2.75, 3.05) is 24.6 Å². The number of benzene rings is 2. The van der Waals surface area contributed by atoms with Crippen LogP contribution >= 0.6 is 0 Å². The summed E-state index contributed by atoms with van der Waals surface area (Å²) in [6, 6.07) is 18.1. The van der Waals surface area contributed by atoms with E-state index in [0.29, 0.717) is 5.92 Å². The van der Waals surface area contributed by atoms with Gasteiger partial charge in [0, 0.05) is 18.5 Å². The van der Waals surface area contributed by atoms with Crippen molar-refractivity contribution in [2.45, 2.75) is 12.8 Å². The number of piperidine rings is 1. The van der Waals surface area contributed by atoms with Crippen LogP contribution in [-0.4, -0.2) is 29.7 Å². The highest BCUT2D eigenvalue weighted by atomic mass is 16.5. The van der Waals surface area contributed by atoms with Gasteiger partial charge in [0.1, 0.15) is 23.2 Å². The van der Waals surface area contributed by atoms with Crippen LogP contribution in [0.1, 0.15) is 12.8 Å². The van der Waals surface area contributed by atoms with Gasteiger partial charge >= 0.3 is 0 Å². The second-order valence-electron chi connectivity index (χ2n) is 7.03. The number of ether oxygens (including phenoxy) is 1. The maximum Gasteiger partial charge on any atom is 0.196 e. The van der Waals surface area contributed by atoms with Gasteiger partial charge in [-0.3, -0.25) is 0 Å². The summed E-state index contributed by atoms with van der Waals surface area (Å²) >= 11 is 0. The molecular weight excluding hydrogens is 338 g/mol. The first-order valence-corrected chi connectivity index (χ1v) is 9.43. The molecule has 5 heteroatoms. The van der Waals surface area contributed by atoms with Crippen LogP contribution in [0.15, 0.2) is 65.3 Å². The van der Waals surface area contributed by atoms with E-state index < -0.39 is 0 Å². The lowest BCUT2D eigenvalue weighted by Crippen LogP contribution is -2.36. The van der Waals surface area contributed by atoms with Crippen LogP contribution in [0.2, 0.25) is 0 Å². The number of fused-ring (bicyclic) bond motifs is 3. The SMILES string of the molecule is c1ccc(OCC2CCN(c3ncnc4c3oc3ccccc34)CC2)cc1. The van der Waals surface area contributed by atoms with Crippen molar-refractivity contribution in [1.82, 2.24) is 9.97 Å². The Kier molecular flexibility index (Phi) is 4.13. The Hall–Kier alpha value is -3.08. The fourth-order valence-corrected chi connectivity index (χ4v) is 3.78. The molecule has 2 aromatic heterocycles. The van der Waals surface area contributed by atoms with Crippen LogP contribution < -0.4 is 9.64 Å². The zero-order chi connectivity index (χ0) is 18.1. The Bertz CT molecular complexity index is 1050. The molecule has 0 bridgehead atoms. The summed E-state index contributed by atoms with van der Waals surface area (Å²) < 4.78 is 12.0. The van der Waals surface area contributed by atoms with Crippen LogP contribution in [-0.2, 0) is 0 Å². The van der Waals surface area contributed by atoms with Crippen LogP contribution in [0.3, 0.4) is 0 Å². The maximum atomic E-state index is 6.08. The van der Waals surface area contributed by atoms with Gasteiger partial charge in [0.05, 0.1) is 6.61 Å². The third-order valence-electron chi connectivity index (χ3n) is 5.28. The van der Waals surface area contributed by atoms with Gasteiger partial charge in [-0.2, -0.15) is 0 Å². The van der Waals surface area contributed by atoms with Crippen molar-refractivity contribution < 1.29 is 9.15 Å². The van der Waals surface area contributed by atoms with Gasteiger partial charge < -0.3 is 14.1 Å². The Morgan fingerprint density at radius 2 is 1.74 bits per heavy atom. The predicted octanol–water partition coefficient (Wildman–Crippen LogP) is 4.67. The Morgan fingerprint density at radius 3 is 2.59 bits per heavy atom. The van der Waals surface area contributed by atoms with Gasteiger partial charge in [-0.1, -0.05) is 30.3 Å². The molecule has 0 aliphatic carbocycles. The Balaban J connectivity index is 1.31. The fourth-order valence-electron chi connectivity index (χ4n) is 3.78. The second kappa shape index (κ2) is 6.91. The average Bonchev–Trinajstić information content (AvgIpc) is 3.12. The molecular formula is C22H21N3O2. The van der Waals surface area contributed by atoms with Crippen LogP contribution in [0.5, 0.6) is 5.75 Å². The number of rotatable bonds is 4. The number of nitrogens with zero attached hydrogens (tertiary/aromatic N) is 3. The Morgan fingerprint density at radius 1 is 0.963 bits per heavy atom. The predicted molar refractivity (Wildman–Crippen MR) is 106 cm³/mol. The van der Waals surface area contributed by atoms with Crippen molar-refractivity contribution in [3.63, 3.8) is 0 Å². The van der Waals surface area contributed by atoms with E-state index in [9.17, 15) is 0 Å². The average molecular weight is 359 g/mol. The topological polar surface area (TPSA) is 51.4 Å². The van der Waals surface area contributed by atoms with E-state index in [-0.39, 0.29) is 0 Å². The molecule has 0 atom stereocenters. The zero-order valence-corrected chi connectivity index (χ0v) is 15.0. The highest BCUT2D eigenvalue weighted by Crippen LogP contribution is 2.33. The number of hydrogen-bond donors (Lipinski definition) is 0. The molecule has 1 aliphatic heterocycles. The number of hydrogen-bond acceptors (Lipinski definition) is 5. The number of anilines is 1. The van der Waals surface area contributed by atoms with Crippen LogP contribution in [0.25, 0.3) is 22.1 Å². The minimum atomic E-state index is 0.564. The monoisotopic (exact) mass is 359 g/mol. The molecule has 0 spiro atoms. The number of aromatic nitrogens is 2. The lowest BCUT2D eigenvalue weighted by molar-refractivity contribution is 0.222. The summed E-state index contributed by atoms with van der Waals surface area (Å²) in [6.45, 7) is 2.67. The van der Waals surface area contributed by atoms with Crippen LogP contribution in [0, 0.1) is 5.92 Å². The lowest BCUT2D eigenvalue weighted by atomic mass is 9.98. The highest BCUT2D eigenvalue weighted by Gasteiger charge is 2.24. The van der Waals surface area contributed by atoms with Crippen molar-refractivity contribution in [3.8, 4) is 5.75 Å². The summed E-state index contributed by atoms with van der Waals surface area (Å²) in [5, 5.41) is 1.04. The van der Waals surface area contributed by atoms with Crippen molar-refractivity contribution in [1.29, 1.82) is 0 Å². The van der Waals surface area contributed by atoms with E-state index in [4.69, 9.17) is 9.15 Å². The van der Waals surface area contributed by atoms with E-state index in [0.717, 1.165) is 66.2 Å². The molecule has 4 aromatic rings. The summed E-state index contributed by atoms with van der Waals surface area (Å²) in [5.74, 6) is 2.41. The van der Waals surface area contributed by atoms with E-state index in [1.165, 1.54) is 0 Å². The molecule has 0 radical (unpaired) electrons. The molecule has 0 N–H and O–H groups in total. The minimum absolute atomic E-state index is 0.564. The number of furan rings is 1. The van der Waals surface area contributed by atoms with Gasteiger partial charge in [-0.25, -0.2) is 9.97 Å². The van der Waals surface area contributed by atoms with E-state index >= 15 is 0 Å². The van der Waals surface area contributed by atoms with Crippen LogP contribution in [0.4, 0.5) is 5.82 Å². The largest absolute Gasteiger partial charge is 0.493 e. The molecule has 2 aromatic carbocycles. The maximum absolute atomic E-state index is 6.08. The third-order valence-corrected chi connectivity index (χ3v) is 5.28. The first-order chi connectivity index (χ1) is 13.4. The molecule has 3 heterocycles. The Labute approximate surface area is 157 Å². The molecule has 1 fully saturated rings. The standard InChI is InChI=1S/C22H21N3O2/c1-2-6-17(7-3-1)26-14-16-10-12-25(13-11-16)22-21-20(23-15-24-22)18-8-4-5-9-19(18)27-21/h1-9,15-16H,10-14H2. The zero-order valence-electron chi connectivity index (χ0n) is 15.0. The van der Waals surface area contributed by atoms with Crippen molar-refractivity contribution >= 4 is 27.9 Å². The van der Waals surface area contributed by atoms with Gasteiger partial charge in [-0.15, -0.1) is 0 Å². The summed E-state index contributed by atoms with van der Waals surface area (Å²) in [4.78, 5) is 11.3. The normalized spacial score (nSPS) is 15.5. The molecule has 136 valence electrons. The second-order valence-corrected chi connectivity index (χ2v) is 7.03. The lowest BCUT2D eigenvalue weighted by Gasteiger charge is -2.32. The number of para-hydroxylation sites is 2. The van der Waals surface area contributed by atoms with E-state index in [1.807, 2.05) is 54.6 Å². The summed E-state index contributed by atoms with van der Waals surface area (Å²) in [6.07, 6.45) is 3.81. The van der Waals surface area contributed by atoms with Gasteiger partial charge in [-0.05, 0) is 43.0 Å². The van der Waals surface area contributed by atoms with Gasteiger partial charge in [0.2, 0.25) is 0 Å². The first-order valence-electron chi connectivity index (χ1n) is 9.43. The summed E-state index contributed by atoms with van der Waals surface area (Å²) in [5.41, 5.74) is 2.54. The van der Waals surface area contributed by atoms with E-state index in [1.54, 1.807) is 6.33 Å². The first kappa shape index (κ1) is 16.1. The molecule has 0 saturated carbocycles. The molecule has 0 unspecified atom stereocenters. The van der Waals surface area contributed by atoms with Gasteiger partial charge in [0.25, 0.3) is 0 Å². The minimum Gasteiger partial charge on any atom is -0.493 e. The molecule has 5 nitrogen and oxygen atoms in total.